The summed E-state index contributed by atoms with van der Waals surface area (Å²) < 4.78 is 55.7. The molecule has 0 saturated carbocycles. The molecule has 16 heavy (non-hydrogen) atoms. The van der Waals surface area contributed by atoms with E-state index in [9.17, 15) is 21.8 Å². The Labute approximate surface area is 113 Å². The molecule has 1 aromatic carbocycles. The molecule has 0 aliphatic rings. The van der Waals surface area contributed by atoms with Gasteiger partial charge < -0.3 is 9.66 Å². The van der Waals surface area contributed by atoms with Gasteiger partial charge >= 0.3 is 29.6 Å². The van der Waals surface area contributed by atoms with Crippen LogP contribution in [0.2, 0.25) is 0 Å². The first kappa shape index (κ1) is 16.0. The van der Waals surface area contributed by atoms with E-state index in [4.69, 9.17) is 5.11 Å². The van der Waals surface area contributed by atoms with Crippen LogP contribution in [0.4, 0.5) is 8.78 Å². The zero-order chi connectivity index (χ0) is 11.6. The SMILES string of the molecule is O=S(=O)([O-])C(O)c1cccc(C(F)F)c1.[Na+]. The third kappa shape index (κ3) is 4.08. The summed E-state index contributed by atoms with van der Waals surface area (Å²) in [5.74, 6) is 0. The molecule has 84 valence electrons. The van der Waals surface area contributed by atoms with E-state index >= 15 is 0 Å². The first-order chi connectivity index (χ1) is 6.82. The van der Waals surface area contributed by atoms with Gasteiger partial charge in [-0.2, -0.15) is 0 Å². The van der Waals surface area contributed by atoms with Crippen molar-refractivity contribution >= 4 is 10.1 Å². The van der Waals surface area contributed by atoms with Crippen LogP contribution in [0.15, 0.2) is 24.3 Å². The van der Waals surface area contributed by atoms with Crippen molar-refractivity contribution in [1.29, 1.82) is 0 Å². The molecule has 1 atom stereocenters. The van der Waals surface area contributed by atoms with Crippen LogP contribution in [-0.2, 0) is 10.1 Å². The summed E-state index contributed by atoms with van der Waals surface area (Å²) >= 11 is 0. The Morgan fingerprint density at radius 3 is 2.19 bits per heavy atom. The number of benzene rings is 1. The number of aliphatic hydroxyl groups excluding tert-OH is 1. The Hall–Kier alpha value is -0.0500. The minimum atomic E-state index is -4.94. The summed E-state index contributed by atoms with van der Waals surface area (Å²) in [5.41, 5.74) is -3.12. The first-order valence-corrected chi connectivity index (χ1v) is 5.30. The average Bonchev–Trinajstić information content (AvgIpc) is 2.15. The number of aliphatic hydroxyl groups is 1. The zero-order valence-corrected chi connectivity index (χ0v) is 11.1. The van der Waals surface area contributed by atoms with Gasteiger partial charge in [-0.15, -0.1) is 0 Å². The van der Waals surface area contributed by atoms with Crippen LogP contribution in [-0.4, -0.2) is 18.1 Å². The van der Waals surface area contributed by atoms with Gasteiger partial charge in [0, 0.05) is 5.56 Å². The van der Waals surface area contributed by atoms with Crippen molar-refractivity contribution in [2.24, 2.45) is 0 Å². The van der Waals surface area contributed by atoms with Crippen molar-refractivity contribution in [1.82, 2.24) is 0 Å². The summed E-state index contributed by atoms with van der Waals surface area (Å²) in [5, 5.41) is 9.02. The van der Waals surface area contributed by atoms with Gasteiger partial charge in [0.2, 0.25) is 0 Å². The second-order valence-corrected chi connectivity index (χ2v) is 4.25. The monoisotopic (exact) mass is 260 g/mol. The summed E-state index contributed by atoms with van der Waals surface area (Å²) in [4.78, 5) is 0. The molecule has 8 heteroatoms. The van der Waals surface area contributed by atoms with Crippen LogP contribution < -0.4 is 29.6 Å². The molecular weight excluding hydrogens is 253 g/mol. The minimum Gasteiger partial charge on any atom is -0.746 e. The fraction of sp³-hybridized carbons (Fsp3) is 0.250. The summed E-state index contributed by atoms with van der Waals surface area (Å²) in [6.45, 7) is 0. The smallest absolute Gasteiger partial charge is 0.746 e. The predicted octanol–water partition coefficient (Wildman–Crippen LogP) is -1.84. The molecule has 0 fully saturated rings. The summed E-state index contributed by atoms with van der Waals surface area (Å²) in [6.07, 6.45) is -2.79. The van der Waals surface area contributed by atoms with E-state index < -0.39 is 27.5 Å². The number of hydrogen-bond acceptors (Lipinski definition) is 4. The number of hydrogen-bond donors (Lipinski definition) is 1. The standard InChI is InChI=1S/C8H8F2O4S.Na/c9-7(10)5-2-1-3-6(4-5)8(11)15(12,13)14;/h1-4,7-8,11H,(H,12,13,14);/q;+1/p-1. The molecule has 4 nitrogen and oxygen atoms in total. The molecule has 0 amide bonds. The van der Waals surface area contributed by atoms with Gasteiger partial charge in [0.1, 0.15) is 10.1 Å². The maximum absolute atomic E-state index is 12.2. The molecule has 0 aliphatic heterocycles. The molecule has 1 unspecified atom stereocenters. The van der Waals surface area contributed by atoms with Gasteiger partial charge in [0.25, 0.3) is 6.43 Å². The fourth-order valence-electron chi connectivity index (χ4n) is 1.02. The van der Waals surface area contributed by atoms with Crippen LogP contribution in [0.3, 0.4) is 0 Å². The van der Waals surface area contributed by atoms with E-state index in [-0.39, 0.29) is 35.1 Å². The second kappa shape index (κ2) is 6.04. The largest absolute Gasteiger partial charge is 1.00 e. The van der Waals surface area contributed by atoms with E-state index in [0.717, 1.165) is 24.3 Å². The van der Waals surface area contributed by atoms with Crippen molar-refractivity contribution < 1.29 is 56.4 Å². The zero-order valence-electron chi connectivity index (χ0n) is 8.30. The van der Waals surface area contributed by atoms with Crippen LogP contribution in [0.1, 0.15) is 23.0 Å². The van der Waals surface area contributed by atoms with Gasteiger partial charge in [-0.1, -0.05) is 18.2 Å². The number of alkyl halides is 2. The molecule has 0 aliphatic carbocycles. The Morgan fingerprint density at radius 2 is 1.75 bits per heavy atom. The van der Waals surface area contributed by atoms with Crippen LogP contribution in [0, 0.1) is 0 Å². The second-order valence-electron chi connectivity index (χ2n) is 2.82. The quantitative estimate of drug-likeness (QED) is 0.512. The average molecular weight is 260 g/mol. The fourth-order valence-corrected chi connectivity index (χ4v) is 1.49. The normalized spacial score (nSPS) is 13.3. The molecule has 1 aromatic rings. The third-order valence-electron chi connectivity index (χ3n) is 1.72. The predicted molar refractivity (Wildman–Crippen MR) is 46.1 cm³/mol. The van der Waals surface area contributed by atoms with Crippen LogP contribution in [0.25, 0.3) is 0 Å². The minimum absolute atomic E-state index is 0. The van der Waals surface area contributed by atoms with Crippen molar-refractivity contribution in [3.63, 3.8) is 0 Å². The Bertz CT molecular complexity index is 449. The third-order valence-corrected chi connectivity index (χ3v) is 2.54. The first-order valence-electron chi connectivity index (χ1n) is 3.83. The molecule has 0 saturated heterocycles. The van der Waals surface area contributed by atoms with Gasteiger partial charge in [-0.05, 0) is 11.6 Å². The van der Waals surface area contributed by atoms with Crippen molar-refractivity contribution in [2.75, 3.05) is 0 Å². The number of halogens is 2. The van der Waals surface area contributed by atoms with Gasteiger partial charge in [-0.25, -0.2) is 17.2 Å². The Balaban J connectivity index is 0.00000225. The maximum Gasteiger partial charge on any atom is 1.00 e. The van der Waals surface area contributed by atoms with Crippen molar-refractivity contribution in [3.8, 4) is 0 Å². The van der Waals surface area contributed by atoms with Crippen LogP contribution in [0.5, 0.6) is 0 Å². The molecule has 0 bridgehead atoms. The Morgan fingerprint density at radius 1 is 1.25 bits per heavy atom. The summed E-state index contributed by atoms with van der Waals surface area (Å²) in [6, 6.07) is 4.08. The molecule has 1 rings (SSSR count). The van der Waals surface area contributed by atoms with Gasteiger partial charge in [0.05, 0.1) is 0 Å². The molecule has 0 aromatic heterocycles. The maximum atomic E-state index is 12.2. The van der Waals surface area contributed by atoms with Crippen LogP contribution >= 0.6 is 0 Å². The van der Waals surface area contributed by atoms with Crippen molar-refractivity contribution in [2.45, 2.75) is 11.9 Å². The van der Waals surface area contributed by atoms with E-state index in [0.29, 0.717) is 0 Å². The van der Waals surface area contributed by atoms with E-state index in [1.165, 1.54) is 0 Å². The molecule has 0 radical (unpaired) electrons. The Kier molecular flexibility index (Phi) is 6.02. The van der Waals surface area contributed by atoms with Gasteiger partial charge in [0.15, 0.2) is 5.44 Å². The van der Waals surface area contributed by atoms with E-state index in [1.807, 2.05) is 0 Å². The molecule has 1 N–H and O–H groups in total. The van der Waals surface area contributed by atoms with Crippen molar-refractivity contribution in [3.05, 3.63) is 35.4 Å². The molecule has 0 heterocycles. The van der Waals surface area contributed by atoms with Gasteiger partial charge in [-0.3, -0.25) is 0 Å². The van der Waals surface area contributed by atoms with E-state index in [1.54, 1.807) is 0 Å². The molecule has 0 spiro atoms. The number of rotatable bonds is 3. The molecular formula is C8H7F2NaO4S. The van der Waals surface area contributed by atoms with E-state index in [2.05, 4.69) is 0 Å². The summed E-state index contributed by atoms with van der Waals surface area (Å²) in [7, 11) is -4.94. The topological polar surface area (TPSA) is 77.4 Å².